The number of aryl methyl sites for hydroxylation is 1. The summed E-state index contributed by atoms with van der Waals surface area (Å²) in [6, 6.07) is 56.7. The summed E-state index contributed by atoms with van der Waals surface area (Å²) in [5.41, 5.74) is 25.4. The van der Waals surface area contributed by atoms with Crippen molar-refractivity contribution >= 4 is 62.9 Å². The van der Waals surface area contributed by atoms with Gasteiger partial charge in [0.2, 0.25) is 0 Å². The van der Waals surface area contributed by atoms with Crippen molar-refractivity contribution < 1.29 is 0 Å². The molecule has 4 heteroatoms. The van der Waals surface area contributed by atoms with E-state index in [-0.39, 0.29) is 50.3 Å². The molecule has 6 aliphatic rings. The van der Waals surface area contributed by atoms with E-state index in [2.05, 4.69) is 258 Å². The van der Waals surface area contributed by atoms with Crippen molar-refractivity contribution in [3.8, 4) is 0 Å². The molecule has 1 saturated carbocycles. The molecule has 2 aliphatic carbocycles. The zero-order chi connectivity index (χ0) is 52.8. The summed E-state index contributed by atoms with van der Waals surface area (Å²) in [5, 5.41) is 0. The SMILES string of the molecule is CC(C)(C)c1cccc(N2c3cc(C(C)(C)C)ccc3B3c4cc(C(C)(C)C)cc5c4N(c4cc(N6c7ccc(C(C)(C)C)cc7C7(C)CCc8ccccc8C67C)cc2c43)C2(C)CCCCC52c2ccccc2)c1. The quantitative estimate of drug-likeness (QED) is 0.163. The van der Waals surface area contributed by atoms with Crippen LogP contribution >= 0.6 is 0 Å². The Morgan fingerprint density at radius 1 is 0.440 bits per heavy atom. The lowest BCUT2D eigenvalue weighted by Gasteiger charge is -2.55. The Hall–Kier alpha value is -6.00. The lowest BCUT2D eigenvalue weighted by atomic mass is 9.33. The molecule has 0 spiro atoms. The van der Waals surface area contributed by atoms with Crippen LogP contribution in [-0.4, -0.2) is 12.3 Å². The van der Waals surface area contributed by atoms with Crippen molar-refractivity contribution in [2.75, 3.05) is 14.7 Å². The highest BCUT2D eigenvalue weighted by atomic mass is 15.3. The second-order valence-electron chi connectivity index (χ2n) is 28.7. The van der Waals surface area contributed by atoms with Crippen molar-refractivity contribution in [3.63, 3.8) is 0 Å². The second kappa shape index (κ2) is 15.6. The summed E-state index contributed by atoms with van der Waals surface area (Å²) in [4.78, 5) is 8.55. The summed E-state index contributed by atoms with van der Waals surface area (Å²) in [7, 11) is 0. The summed E-state index contributed by atoms with van der Waals surface area (Å²) in [6.07, 6.45) is 6.80. The topological polar surface area (TPSA) is 9.72 Å². The molecule has 0 N–H and O–H groups in total. The number of fused-ring (bicyclic) bond motifs is 12. The highest BCUT2D eigenvalue weighted by Gasteiger charge is 2.65. The second-order valence-corrected chi connectivity index (χ2v) is 28.7. The lowest BCUT2D eigenvalue weighted by molar-refractivity contribution is 0.215. The van der Waals surface area contributed by atoms with E-state index in [1.54, 1.807) is 0 Å². The first kappa shape index (κ1) is 48.6. The molecule has 7 aromatic rings. The van der Waals surface area contributed by atoms with Gasteiger partial charge in [-0.25, -0.2) is 0 Å². The molecule has 7 aromatic carbocycles. The Balaban J connectivity index is 1.21. The molecule has 4 aliphatic heterocycles. The van der Waals surface area contributed by atoms with Gasteiger partial charge in [0.25, 0.3) is 6.71 Å². The van der Waals surface area contributed by atoms with Gasteiger partial charge in [0.15, 0.2) is 0 Å². The lowest BCUT2D eigenvalue weighted by Crippen LogP contribution is -2.65. The Bertz CT molecular complexity index is 3520. The van der Waals surface area contributed by atoms with Crippen LogP contribution in [0.2, 0.25) is 0 Å². The number of benzene rings is 7. The predicted octanol–water partition coefficient (Wildman–Crippen LogP) is 16.5. The average molecular weight is 986 g/mol. The van der Waals surface area contributed by atoms with Crippen molar-refractivity contribution in [2.45, 2.75) is 186 Å². The monoisotopic (exact) mass is 986 g/mol. The van der Waals surface area contributed by atoms with Crippen LogP contribution < -0.4 is 31.1 Å². The van der Waals surface area contributed by atoms with Crippen molar-refractivity contribution in [3.05, 3.63) is 190 Å². The molecule has 1 fully saturated rings. The van der Waals surface area contributed by atoms with Gasteiger partial charge < -0.3 is 14.7 Å². The number of hydrogen-bond acceptors (Lipinski definition) is 3. The first-order valence-corrected chi connectivity index (χ1v) is 28.6. The summed E-state index contributed by atoms with van der Waals surface area (Å²) >= 11 is 0. The van der Waals surface area contributed by atoms with Crippen LogP contribution in [-0.2, 0) is 44.4 Å². The molecule has 13 rings (SSSR count). The highest BCUT2D eigenvalue weighted by Crippen LogP contribution is 2.68. The summed E-state index contributed by atoms with van der Waals surface area (Å²) < 4.78 is 0. The maximum Gasteiger partial charge on any atom is 0.252 e. The Labute approximate surface area is 450 Å². The molecule has 0 saturated heterocycles. The fourth-order valence-electron chi connectivity index (χ4n) is 16.0. The van der Waals surface area contributed by atoms with Crippen LogP contribution in [0.25, 0.3) is 0 Å². The third-order valence-corrected chi connectivity index (χ3v) is 20.4. The van der Waals surface area contributed by atoms with E-state index in [0.717, 1.165) is 25.7 Å². The smallest absolute Gasteiger partial charge is 0.252 e. The van der Waals surface area contributed by atoms with Gasteiger partial charge in [-0.3, -0.25) is 0 Å². The van der Waals surface area contributed by atoms with Crippen molar-refractivity contribution in [1.82, 2.24) is 0 Å². The molecule has 0 radical (unpaired) electrons. The van der Waals surface area contributed by atoms with Gasteiger partial charge in [-0.15, -0.1) is 0 Å². The van der Waals surface area contributed by atoms with Crippen LogP contribution in [0.4, 0.5) is 39.8 Å². The van der Waals surface area contributed by atoms with E-state index in [4.69, 9.17) is 0 Å². The minimum atomic E-state index is -0.378. The minimum Gasteiger partial charge on any atom is -0.335 e. The normalized spacial score (nSPS) is 24.3. The summed E-state index contributed by atoms with van der Waals surface area (Å²) in [5.74, 6) is 0. The number of hydrogen-bond donors (Lipinski definition) is 0. The first-order chi connectivity index (χ1) is 35.3. The molecule has 4 atom stereocenters. The first-order valence-electron chi connectivity index (χ1n) is 28.6. The van der Waals surface area contributed by atoms with Gasteiger partial charge in [-0.2, -0.15) is 0 Å². The molecule has 0 amide bonds. The third kappa shape index (κ3) is 6.47. The molecule has 75 heavy (non-hydrogen) atoms. The highest BCUT2D eigenvalue weighted by molar-refractivity contribution is 7.00. The standard InChI is InChI=1S/C71H80BN3/c1-64(2,3)47-27-23-28-51(38-47)73-59-42-49(66(7,8)9)30-32-56(59)72-57-41-50(67(10,11)12)40-55-63(57)75(69(14)35-21-22-36-71(55,69)46-25-17-16-18-26-46)61-44-52(43-60(73)62(61)72)74-58-33-31-48(65(4,5)6)39-54(58)68(13)37-34-45-24-19-20-29-53(45)70(68,74)15/h16-20,23-33,38-44H,21-22,34-37H2,1-15H3. The van der Waals surface area contributed by atoms with Crippen LogP contribution in [0.1, 0.15) is 186 Å². The zero-order valence-electron chi connectivity index (χ0n) is 47.9. The number of rotatable bonds is 3. The van der Waals surface area contributed by atoms with Gasteiger partial charge >= 0.3 is 0 Å². The third-order valence-electron chi connectivity index (χ3n) is 20.4. The van der Waals surface area contributed by atoms with Gasteiger partial charge in [-0.1, -0.05) is 206 Å². The maximum absolute atomic E-state index is 2.98. The van der Waals surface area contributed by atoms with E-state index in [0.29, 0.717) is 0 Å². The fourth-order valence-corrected chi connectivity index (χ4v) is 16.0. The molecule has 4 unspecified atom stereocenters. The van der Waals surface area contributed by atoms with Crippen LogP contribution in [0.5, 0.6) is 0 Å². The molecular formula is C71H80BN3. The molecule has 382 valence electrons. The predicted molar refractivity (Wildman–Crippen MR) is 321 cm³/mol. The summed E-state index contributed by atoms with van der Waals surface area (Å²) in [6.45, 7) is 36.6. The van der Waals surface area contributed by atoms with Crippen LogP contribution in [0, 0.1) is 0 Å². The van der Waals surface area contributed by atoms with Crippen molar-refractivity contribution in [2.24, 2.45) is 0 Å². The fraction of sp³-hybridized carbons (Fsp3) is 0.408. The van der Waals surface area contributed by atoms with Crippen molar-refractivity contribution in [1.29, 1.82) is 0 Å². The minimum absolute atomic E-state index is 0.0164. The largest absolute Gasteiger partial charge is 0.335 e. The van der Waals surface area contributed by atoms with Gasteiger partial charge in [0, 0.05) is 50.6 Å². The molecule has 0 aromatic heterocycles. The van der Waals surface area contributed by atoms with E-state index >= 15 is 0 Å². The molecular weight excluding hydrogens is 906 g/mol. The van der Waals surface area contributed by atoms with Gasteiger partial charge in [0.05, 0.1) is 11.1 Å². The number of nitrogens with zero attached hydrogens (tertiary/aromatic N) is 3. The Morgan fingerprint density at radius 2 is 1.07 bits per heavy atom. The van der Waals surface area contributed by atoms with Crippen LogP contribution in [0.15, 0.2) is 140 Å². The van der Waals surface area contributed by atoms with E-state index in [9.17, 15) is 0 Å². The Kier molecular flexibility index (Phi) is 10.1. The van der Waals surface area contributed by atoms with Gasteiger partial charge in [0.1, 0.15) is 0 Å². The molecule has 0 bridgehead atoms. The average Bonchev–Trinajstić information content (AvgIpc) is 3.78. The van der Waals surface area contributed by atoms with Crippen LogP contribution in [0.3, 0.4) is 0 Å². The van der Waals surface area contributed by atoms with E-state index < -0.39 is 0 Å². The van der Waals surface area contributed by atoms with E-state index in [1.165, 1.54) is 119 Å². The van der Waals surface area contributed by atoms with E-state index in [1.807, 2.05) is 0 Å². The zero-order valence-corrected chi connectivity index (χ0v) is 47.9. The Morgan fingerprint density at radius 3 is 1.79 bits per heavy atom. The molecule has 4 heterocycles. The maximum atomic E-state index is 2.98. The van der Waals surface area contributed by atoms with Gasteiger partial charge in [-0.05, 0) is 164 Å². The number of anilines is 7. The molecule has 3 nitrogen and oxygen atoms in total.